The van der Waals surface area contributed by atoms with E-state index in [0.717, 1.165) is 5.56 Å². The number of hydrogen-bond acceptors (Lipinski definition) is 7. The zero-order chi connectivity index (χ0) is 24.2. The molecular formula is C25H22N2O6S. The molecule has 0 spiro atoms. The summed E-state index contributed by atoms with van der Waals surface area (Å²) < 4.78 is 16.2. The fraction of sp³-hybridized carbons (Fsp3) is 0.160. The zero-order valence-corrected chi connectivity index (χ0v) is 19.6. The zero-order valence-electron chi connectivity index (χ0n) is 18.8. The number of nitrogens with zero attached hydrogens (tertiary/aromatic N) is 2. The normalized spacial score (nSPS) is 16.6. The molecule has 34 heavy (non-hydrogen) atoms. The number of benzene rings is 3. The van der Waals surface area contributed by atoms with E-state index >= 15 is 0 Å². The van der Waals surface area contributed by atoms with E-state index in [4.69, 9.17) is 14.2 Å². The van der Waals surface area contributed by atoms with E-state index < -0.39 is 4.92 Å². The Morgan fingerprint density at radius 3 is 2.21 bits per heavy atom. The van der Waals surface area contributed by atoms with Crippen LogP contribution < -0.4 is 19.1 Å². The van der Waals surface area contributed by atoms with Crippen LogP contribution in [-0.2, 0) is 4.79 Å². The Balaban J connectivity index is 1.80. The maximum absolute atomic E-state index is 13.6. The third kappa shape index (κ3) is 4.42. The minimum absolute atomic E-state index is 0.0795. The van der Waals surface area contributed by atoms with E-state index in [9.17, 15) is 14.9 Å². The van der Waals surface area contributed by atoms with Crippen molar-refractivity contribution in [2.75, 3.05) is 26.2 Å². The van der Waals surface area contributed by atoms with Crippen LogP contribution in [0, 0.1) is 10.1 Å². The number of rotatable bonds is 7. The summed E-state index contributed by atoms with van der Waals surface area (Å²) in [6, 6.07) is 19.2. The van der Waals surface area contributed by atoms with Crippen molar-refractivity contribution in [3.05, 3.63) is 92.9 Å². The van der Waals surface area contributed by atoms with Crippen molar-refractivity contribution in [2.24, 2.45) is 0 Å². The highest BCUT2D eigenvalue weighted by molar-refractivity contribution is 8.05. The molecule has 3 aromatic carbocycles. The molecule has 8 nitrogen and oxygen atoms in total. The Kier molecular flexibility index (Phi) is 6.74. The molecule has 3 aromatic rings. The molecule has 1 amide bonds. The van der Waals surface area contributed by atoms with E-state index in [0.29, 0.717) is 33.4 Å². The van der Waals surface area contributed by atoms with Gasteiger partial charge in [0.15, 0.2) is 11.5 Å². The summed E-state index contributed by atoms with van der Waals surface area (Å²) in [5, 5.41) is 10.9. The van der Waals surface area contributed by atoms with Gasteiger partial charge in [-0.3, -0.25) is 19.8 Å². The lowest BCUT2D eigenvalue weighted by atomic mass is 10.1. The van der Waals surface area contributed by atoms with Crippen LogP contribution in [0.25, 0.3) is 6.08 Å². The van der Waals surface area contributed by atoms with E-state index in [1.807, 2.05) is 30.3 Å². The first-order valence-electron chi connectivity index (χ1n) is 10.3. The average Bonchev–Trinajstić information content (AvgIpc) is 3.19. The van der Waals surface area contributed by atoms with Gasteiger partial charge >= 0.3 is 0 Å². The molecule has 0 N–H and O–H groups in total. The predicted molar refractivity (Wildman–Crippen MR) is 131 cm³/mol. The fourth-order valence-electron chi connectivity index (χ4n) is 3.72. The standard InChI is InChI=1S/C25H22N2O6S/c1-31-20-12-16(13-21(32-2)23(20)33-3)14-22-24(28)26(18-10-7-11-19(15-18)27(29)30)25(34-22)17-8-5-4-6-9-17/h4-15,25H,1-3H3/b22-14-. The fourth-order valence-corrected chi connectivity index (χ4v) is 4.98. The van der Waals surface area contributed by atoms with Crippen molar-refractivity contribution < 1.29 is 23.9 Å². The highest BCUT2D eigenvalue weighted by Gasteiger charge is 2.38. The average molecular weight is 479 g/mol. The number of carbonyl (C=O) groups is 1. The number of thioether (sulfide) groups is 1. The van der Waals surface area contributed by atoms with Gasteiger partial charge in [0.25, 0.3) is 11.6 Å². The van der Waals surface area contributed by atoms with Crippen molar-refractivity contribution in [1.82, 2.24) is 0 Å². The van der Waals surface area contributed by atoms with Gasteiger partial charge in [0.05, 0.1) is 36.8 Å². The van der Waals surface area contributed by atoms with Gasteiger partial charge in [0, 0.05) is 12.1 Å². The van der Waals surface area contributed by atoms with Gasteiger partial charge in [0.1, 0.15) is 5.37 Å². The monoisotopic (exact) mass is 478 g/mol. The molecule has 1 saturated heterocycles. The molecule has 0 aromatic heterocycles. The second-order valence-corrected chi connectivity index (χ2v) is 8.42. The summed E-state index contributed by atoms with van der Waals surface area (Å²) in [5.74, 6) is 1.14. The molecule has 1 heterocycles. The lowest BCUT2D eigenvalue weighted by Gasteiger charge is -2.23. The minimum Gasteiger partial charge on any atom is -0.493 e. The first kappa shape index (κ1) is 23.2. The van der Waals surface area contributed by atoms with E-state index in [1.54, 1.807) is 35.2 Å². The summed E-state index contributed by atoms with van der Waals surface area (Å²) in [6.45, 7) is 0. The Labute approximate surface area is 200 Å². The van der Waals surface area contributed by atoms with Gasteiger partial charge in [-0.15, -0.1) is 0 Å². The van der Waals surface area contributed by atoms with Crippen molar-refractivity contribution in [1.29, 1.82) is 0 Å². The van der Waals surface area contributed by atoms with Crippen LogP contribution >= 0.6 is 11.8 Å². The third-order valence-electron chi connectivity index (χ3n) is 5.29. The topological polar surface area (TPSA) is 91.1 Å². The van der Waals surface area contributed by atoms with Crippen molar-refractivity contribution in [2.45, 2.75) is 5.37 Å². The highest BCUT2D eigenvalue weighted by atomic mass is 32.2. The number of nitro groups is 1. The SMILES string of the molecule is COc1cc(/C=C2\SC(c3ccccc3)N(c3cccc([N+](=O)[O-])c3)C2=O)cc(OC)c1OC. The lowest BCUT2D eigenvalue weighted by Crippen LogP contribution is -2.27. The molecule has 174 valence electrons. The predicted octanol–water partition coefficient (Wildman–Crippen LogP) is 5.44. The van der Waals surface area contributed by atoms with Crippen LogP contribution in [0.5, 0.6) is 17.2 Å². The van der Waals surface area contributed by atoms with E-state index in [2.05, 4.69) is 0 Å². The molecule has 0 aliphatic carbocycles. The number of hydrogen-bond donors (Lipinski definition) is 0. The van der Waals surface area contributed by atoms with Gasteiger partial charge < -0.3 is 14.2 Å². The molecule has 1 fully saturated rings. The molecule has 0 radical (unpaired) electrons. The number of amides is 1. The molecule has 0 saturated carbocycles. The summed E-state index contributed by atoms with van der Waals surface area (Å²) in [6.07, 6.45) is 1.75. The van der Waals surface area contributed by atoms with Crippen molar-refractivity contribution >= 4 is 35.1 Å². The second-order valence-electron chi connectivity index (χ2n) is 7.30. The molecule has 1 atom stereocenters. The van der Waals surface area contributed by atoms with Crippen LogP contribution in [0.3, 0.4) is 0 Å². The van der Waals surface area contributed by atoms with Crippen molar-refractivity contribution in [3.63, 3.8) is 0 Å². The van der Waals surface area contributed by atoms with Gasteiger partial charge in [-0.1, -0.05) is 48.2 Å². The number of carbonyl (C=O) groups excluding carboxylic acids is 1. The molecule has 1 aliphatic rings. The van der Waals surface area contributed by atoms with Gasteiger partial charge in [-0.25, -0.2) is 0 Å². The second kappa shape index (κ2) is 9.88. The van der Waals surface area contributed by atoms with Crippen LogP contribution in [0.1, 0.15) is 16.5 Å². The molecule has 0 bridgehead atoms. The lowest BCUT2D eigenvalue weighted by molar-refractivity contribution is -0.384. The molecule has 1 aliphatic heterocycles. The van der Waals surface area contributed by atoms with Crippen LogP contribution in [0.15, 0.2) is 71.6 Å². The van der Waals surface area contributed by atoms with Gasteiger partial charge in [-0.2, -0.15) is 0 Å². The number of non-ortho nitro benzene ring substituents is 1. The van der Waals surface area contributed by atoms with E-state index in [-0.39, 0.29) is 17.0 Å². The summed E-state index contributed by atoms with van der Waals surface area (Å²) in [4.78, 5) is 26.5. The molecule has 1 unspecified atom stereocenters. The summed E-state index contributed by atoms with van der Waals surface area (Å²) >= 11 is 1.38. The van der Waals surface area contributed by atoms with Gasteiger partial charge in [-0.05, 0) is 35.4 Å². The number of anilines is 1. The number of ether oxygens (including phenoxy) is 3. The smallest absolute Gasteiger partial charge is 0.271 e. The highest BCUT2D eigenvalue weighted by Crippen LogP contribution is 2.49. The minimum atomic E-state index is -0.471. The maximum Gasteiger partial charge on any atom is 0.271 e. The quantitative estimate of drug-likeness (QED) is 0.254. The first-order valence-corrected chi connectivity index (χ1v) is 11.2. The van der Waals surface area contributed by atoms with Gasteiger partial charge in [0.2, 0.25) is 5.75 Å². The van der Waals surface area contributed by atoms with Crippen LogP contribution in [0.2, 0.25) is 0 Å². The largest absolute Gasteiger partial charge is 0.493 e. The first-order chi connectivity index (χ1) is 16.5. The maximum atomic E-state index is 13.6. The van der Waals surface area contributed by atoms with E-state index in [1.165, 1.54) is 45.2 Å². The summed E-state index contributed by atoms with van der Waals surface area (Å²) in [7, 11) is 4.58. The molecule has 4 rings (SSSR count). The molecular weight excluding hydrogens is 456 g/mol. The Bertz CT molecular complexity index is 1240. The Hall–Kier alpha value is -3.98. The Morgan fingerprint density at radius 1 is 0.941 bits per heavy atom. The summed E-state index contributed by atoms with van der Waals surface area (Å²) in [5.41, 5.74) is 1.97. The number of methoxy groups -OCH3 is 3. The van der Waals surface area contributed by atoms with Crippen LogP contribution in [0.4, 0.5) is 11.4 Å². The third-order valence-corrected chi connectivity index (χ3v) is 6.54. The van der Waals surface area contributed by atoms with Crippen LogP contribution in [-0.4, -0.2) is 32.2 Å². The molecule has 9 heteroatoms. The van der Waals surface area contributed by atoms with Crippen molar-refractivity contribution in [3.8, 4) is 17.2 Å². The Morgan fingerprint density at radius 2 is 1.62 bits per heavy atom. The number of nitro benzene ring substituents is 1.